The monoisotopic (exact) mass is 767 g/mol. The Kier molecular flexibility index (Phi) is 41.1. The maximum atomic E-state index is 12.6. The molecule has 0 amide bonds. The van der Waals surface area contributed by atoms with E-state index >= 15 is 0 Å². The third kappa shape index (κ3) is 41.8. The topological polar surface area (TPSA) is 78.9 Å². The quantitative estimate of drug-likeness (QED) is 0.0268. The van der Waals surface area contributed by atoms with Gasteiger partial charge >= 0.3 is 17.9 Å². The van der Waals surface area contributed by atoms with Crippen LogP contribution in [0, 0.1) is 0 Å². The number of carbonyl (C=O) groups is 3. The van der Waals surface area contributed by atoms with Gasteiger partial charge < -0.3 is 14.2 Å². The predicted octanol–water partition coefficient (Wildman–Crippen LogP) is 14.3. The van der Waals surface area contributed by atoms with Crippen molar-refractivity contribution in [2.45, 2.75) is 207 Å². The number of esters is 3. The highest BCUT2D eigenvalue weighted by atomic mass is 16.6. The fraction of sp³-hybridized carbons (Fsp3) is 0.694. The van der Waals surface area contributed by atoms with E-state index in [2.05, 4.69) is 93.7 Å². The maximum absolute atomic E-state index is 12.6. The molecule has 6 heteroatoms. The molecule has 0 aromatic heterocycles. The van der Waals surface area contributed by atoms with Gasteiger partial charge in [0.05, 0.1) is 0 Å². The molecular formula is C49H82O6. The summed E-state index contributed by atoms with van der Waals surface area (Å²) in [6.45, 7) is 6.35. The molecule has 0 fully saturated rings. The summed E-state index contributed by atoms with van der Waals surface area (Å²) in [5.41, 5.74) is 0. The Labute approximate surface area is 338 Å². The number of hydrogen-bond donors (Lipinski definition) is 0. The smallest absolute Gasteiger partial charge is 0.306 e. The van der Waals surface area contributed by atoms with Crippen molar-refractivity contribution < 1.29 is 28.6 Å². The van der Waals surface area contributed by atoms with E-state index in [-0.39, 0.29) is 31.1 Å². The van der Waals surface area contributed by atoms with Crippen molar-refractivity contribution >= 4 is 17.9 Å². The molecule has 1 unspecified atom stereocenters. The van der Waals surface area contributed by atoms with Gasteiger partial charge in [0.2, 0.25) is 0 Å². The highest BCUT2D eigenvalue weighted by Crippen LogP contribution is 2.12. The predicted molar refractivity (Wildman–Crippen MR) is 233 cm³/mol. The molecule has 0 rings (SSSR count). The molecule has 0 spiro atoms. The lowest BCUT2D eigenvalue weighted by molar-refractivity contribution is -0.167. The Hall–Kier alpha value is -3.15. The van der Waals surface area contributed by atoms with Gasteiger partial charge in [-0.05, 0) is 83.5 Å². The van der Waals surface area contributed by atoms with Crippen molar-refractivity contribution in [1.29, 1.82) is 0 Å². The first-order chi connectivity index (χ1) is 27.0. The minimum atomic E-state index is -0.782. The molecule has 6 nitrogen and oxygen atoms in total. The van der Waals surface area contributed by atoms with E-state index in [0.29, 0.717) is 19.3 Å². The van der Waals surface area contributed by atoms with Crippen LogP contribution in [0.2, 0.25) is 0 Å². The van der Waals surface area contributed by atoms with E-state index in [1.54, 1.807) is 0 Å². The van der Waals surface area contributed by atoms with Gasteiger partial charge in [0.1, 0.15) is 13.2 Å². The maximum Gasteiger partial charge on any atom is 0.306 e. The zero-order valence-electron chi connectivity index (χ0n) is 35.7. The summed E-state index contributed by atoms with van der Waals surface area (Å²) in [6.07, 6.45) is 53.4. The number of ether oxygens (including phenoxy) is 3. The second kappa shape index (κ2) is 43.6. The normalized spacial score (nSPS) is 12.7. The second-order valence-electron chi connectivity index (χ2n) is 14.6. The molecule has 1 atom stereocenters. The molecule has 0 heterocycles. The van der Waals surface area contributed by atoms with Gasteiger partial charge in [-0.25, -0.2) is 0 Å². The number of allylic oxidation sites excluding steroid dienone is 12. The average molecular weight is 767 g/mol. The zero-order valence-corrected chi connectivity index (χ0v) is 35.7. The molecule has 314 valence electrons. The Morgan fingerprint density at radius 2 is 0.745 bits per heavy atom. The molecule has 0 bridgehead atoms. The molecule has 0 aliphatic heterocycles. The molecule has 0 aliphatic carbocycles. The first kappa shape index (κ1) is 51.9. The standard InChI is InChI=1S/C49H82O6/c1-4-7-10-13-16-18-20-21-22-23-24-25-26-27-28-29-30-32-33-36-39-42-48(51)54-45-46(44-53-47(50)41-38-35-15-12-9-6-3)55-49(52)43-40-37-34-31-19-17-14-11-8-5-2/h7,10-11,14,16,18,21-22,24-25,27-28,46H,4-6,8-9,12-13,15,17,19-20,23,26,29-45H2,1-3H3/b10-7-,14-11-,18-16-,22-21-,25-24-,28-27-. The van der Waals surface area contributed by atoms with Crippen LogP contribution in [-0.4, -0.2) is 37.2 Å². The zero-order chi connectivity index (χ0) is 40.1. The van der Waals surface area contributed by atoms with E-state index in [1.807, 2.05) is 0 Å². The Morgan fingerprint density at radius 1 is 0.382 bits per heavy atom. The molecular weight excluding hydrogens is 685 g/mol. The minimum Gasteiger partial charge on any atom is -0.462 e. The Morgan fingerprint density at radius 3 is 1.20 bits per heavy atom. The molecule has 0 aromatic carbocycles. The Bertz CT molecular complexity index is 1070. The first-order valence-electron chi connectivity index (χ1n) is 22.4. The summed E-state index contributed by atoms with van der Waals surface area (Å²) in [5.74, 6) is -0.934. The summed E-state index contributed by atoms with van der Waals surface area (Å²) < 4.78 is 16.6. The molecule has 0 saturated carbocycles. The highest BCUT2D eigenvalue weighted by molar-refractivity contribution is 5.71. The summed E-state index contributed by atoms with van der Waals surface area (Å²) in [7, 11) is 0. The largest absolute Gasteiger partial charge is 0.462 e. The van der Waals surface area contributed by atoms with E-state index in [0.717, 1.165) is 128 Å². The number of carbonyl (C=O) groups excluding carboxylic acids is 3. The average Bonchev–Trinajstić information content (AvgIpc) is 3.18. The first-order valence-corrected chi connectivity index (χ1v) is 22.4. The van der Waals surface area contributed by atoms with Crippen LogP contribution in [0.25, 0.3) is 0 Å². The van der Waals surface area contributed by atoms with Crippen LogP contribution in [0.3, 0.4) is 0 Å². The van der Waals surface area contributed by atoms with Gasteiger partial charge in [0, 0.05) is 19.3 Å². The van der Waals surface area contributed by atoms with E-state index in [9.17, 15) is 14.4 Å². The summed E-state index contributed by atoms with van der Waals surface area (Å²) >= 11 is 0. The van der Waals surface area contributed by atoms with Crippen molar-refractivity contribution in [3.8, 4) is 0 Å². The van der Waals surface area contributed by atoms with Crippen LogP contribution in [-0.2, 0) is 28.6 Å². The third-order valence-corrected chi connectivity index (χ3v) is 9.18. The minimum absolute atomic E-state index is 0.0862. The van der Waals surface area contributed by atoms with Crippen LogP contribution in [0.5, 0.6) is 0 Å². The number of rotatable bonds is 39. The van der Waals surface area contributed by atoms with E-state index in [1.165, 1.54) is 32.1 Å². The number of unbranched alkanes of at least 4 members (excludes halogenated alkanes) is 16. The van der Waals surface area contributed by atoms with Gasteiger partial charge in [0.25, 0.3) is 0 Å². The van der Waals surface area contributed by atoms with Crippen LogP contribution in [0.4, 0.5) is 0 Å². The highest BCUT2D eigenvalue weighted by Gasteiger charge is 2.19. The van der Waals surface area contributed by atoms with Gasteiger partial charge in [-0.15, -0.1) is 0 Å². The van der Waals surface area contributed by atoms with Crippen molar-refractivity contribution in [2.75, 3.05) is 13.2 Å². The van der Waals surface area contributed by atoms with E-state index < -0.39 is 6.10 Å². The van der Waals surface area contributed by atoms with Gasteiger partial charge in [-0.1, -0.05) is 171 Å². The van der Waals surface area contributed by atoms with E-state index in [4.69, 9.17) is 14.2 Å². The fourth-order valence-electron chi connectivity index (χ4n) is 5.82. The molecule has 0 aliphatic rings. The molecule has 0 saturated heterocycles. The molecule has 55 heavy (non-hydrogen) atoms. The fourth-order valence-corrected chi connectivity index (χ4v) is 5.82. The second-order valence-corrected chi connectivity index (χ2v) is 14.6. The summed E-state index contributed by atoms with van der Waals surface area (Å²) in [6, 6.07) is 0. The Balaban J connectivity index is 4.26. The third-order valence-electron chi connectivity index (χ3n) is 9.18. The SMILES string of the molecule is CC/C=C\C/C=C\C/C=C\C/C=C\C/C=C\CCCCCCCC(=O)OCC(COC(=O)CCCCCCCC)OC(=O)CCCCCCC/C=C\CCC. The van der Waals surface area contributed by atoms with Crippen LogP contribution in [0.1, 0.15) is 201 Å². The molecule has 0 radical (unpaired) electrons. The van der Waals surface area contributed by atoms with Gasteiger partial charge in [0.15, 0.2) is 6.10 Å². The summed E-state index contributed by atoms with van der Waals surface area (Å²) in [5, 5.41) is 0. The lowest BCUT2D eigenvalue weighted by atomic mass is 10.1. The lowest BCUT2D eigenvalue weighted by Gasteiger charge is -2.18. The van der Waals surface area contributed by atoms with Gasteiger partial charge in [-0.2, -0.15) is 0 Å². The van der Waals surface area contributed by atoms with Crippen molar-refractivity contribution in [3.63, 3.8) is 0 Å². The number of hydrogen-bond acceptors (Lipinski definition) is 6. The molecule has 0 N–H and O–H groups in total. The lowest BCUT2D eigenvalue weighted by Crippen LogP contribution is -2.30. The van der Waals surface area contributed by atoms with Gasteiger partial charge in [-0.3, -0.25) is 14.4 Å². The van der Waals surface area contributed by atoms with Crippen LogP contribution < -0.4 is 0 Å². The molecule has 0 aromatic rings. The van der Waals surface area contributed by atoms with Crippen molar-refractivity contribution in [2.24, 2.45) is 0 Å². The van der Waals surface area contributed by atoms with Crippen LogP contribution >= 0.6 is 0 Å². The summed E-state index contributed by atoms with van der Waals surface area (Å²) in [4.78, 5) is 37.5. The van der Waals surface area contributed by atoms with Crippen molar-refractivity contribution in [3.05, 3.63) is 72.9 Å². The van der Waals surface area contributed by atoms with Crippen LogP contribution in [0.15, 0.2) is 72.9 Å². The van der Waals surface area contributed by atoms with Crippen molar-refractivity contribution in [1.82, 2.24) is 0 Å².